The van der Waals surface area contributed by atoms with E-state index in [0.29, 0.717) is 0 Å². The summed E-state index contributed by atoms with van der Waals surface area (Å²) in [5, 5.41) is 0. The molecule has 0 aliphatic carbocycles. The van der Waals surface area contributed by atoms with E-state index in [0.717, 1.165) is 0 Å². The summed E-state index contributed by atoms with van der Waals surface area (Å²) in [4.78, 5) is 24.3. The van der Waals surface area contributed by atoms with E-state index in [1.807, 2.05) is 0 Å². The number of rotatable bonds is 0. The fourth-order valence-corrected chi connectivity index (χ4v) is 0. The van der Waals surface area contributed by atoms with E-state index in [9.17, 15) is 0 Å². The summed E-state index contributed by atoms with van der Waals surface area (Å²) in [6.07, 6.45) is 0. The first-order valence-corrected chi connectivity index (χ1v) is 4.24. The van der Waals surface area contributed by atoms with Crippen molar-refractivity contribution < 1.29 is 53.8 Å². The Morgan fingerprint density at radius 3 is 1.17 bits per heavy atom. The van der Waals surface area contributed by atoms with E-state index in [1.165, 1.54) is 0 Å². The van der Waals surface area contributed by atoms with Crippen LogP contribution < -0.4 is 9.79 Å². The van der Waals surface area contributed by atoms with Crippen LogP contribution in [-0.4, -0.2) is 60.2 Å². The van der Waals surface area contributed by atoms with Crippen LogP contribution in [0, 0.1) is 0 Å². The quantitative estimate of drug-likeness (QED) is 0.204. The van der Waals surface area contributed by atoms with E-state index in [-0.39, 0.29) is 54.8 Å². The average molecular weight is 288 g/mol. The summed E-state index contributed by atoms with van der Waals surface area (Å²) in [6.45, 7) is 0. The van der Waals surface area contributed by atoms with Crippen LogP contribution in [0.3, 0.4) is 0 Å². The third-order valence-electron chi connectivity index (χ3n) is 0. The van der Waals surface area contributed by atoms with Crippen molar-refractivity contribution in [3.63, 3.8) is 0 Å². The van der Waals surface area contributed by atoms with E-state index in [4.69, 9.17) is 36.8 Å². The van der Waals surface area contributed by atoms with Gasteiger partial charge in [-0.3, -0.25) is 8.42 Å². The molecule has 0 saturated heterocycles. The molecule has 0 saturated carbocycles. The molecule has 0 atom stereocenters. The van der Waals surface area contributed by atoms with E-state index in [2.05, 4.69) is 0 Å². The fourth-order valence-electron chi connectivity index (χ4n) is 0. The SMILES string of the molecule is O=P([O-])([O-])O.O=S(=O)([O-])[O-].[Ca+2].[Fe+2]. The van der Waals surface area contributed by atoms with Gasteiger partial charge >= 0.3 is 54.8 Å². The van der Waals surface area contributed by atoms with Crippen molar-refractivity contribution in [3.05, 3.63) is 0 Å². The smallest absolute Gasteiger partial charge is 0.790 e. The Morgan fingerprint density at radius 1 is 1.17 bits per heavy atom. The second kappa shape index (κ2) is 9.32. The molecule has 0 bridgehead atoms. The van der Waals surface area contributed by atoms with Gasteiger partial charge in [-0.25, -0.2) is 0 Å². The van der Waals surface area contributed by atoms with Gasteiger partial charge in [0.1, 0.15) is 0 Å². The zero-order chi connectivity index (χ0) is 9.00. The molecule has 0 rings (SSSR count). The van der Waals surface area contributed by atoms with Crippen molar-refractivity contribution in [1.29, 1.82) is 0 Å². The normalized spacial score (nSPS) is 9.75. The third kappa shape index (κ3) is 440. The van der Waals surface area contributed by atoms with Crippen molar-refractivity contribution in [2.75, 3.05) is 0 Å². The Morgan fingerprint density at radius 2 is 1.17 bits per heavy atom. The molecule has 8 nitrogen and oxygen atoms in total. The maximum Gasteiger partial charge on any atom is 2.00 e. The van der Waals surface area contributed by atoms with Gasteiger partial charge in [-0.05, 0) is 0 Å². The van der Waals surface area contributed by atoms with Crippen molar-refractivity contribution in [2.24, 2.45) is 0 Å². The Kier molecular flexibility index (Phi) is 18.3. The van der Waals surface area contributed by atoms with E-state index < -0.39 is 18.2 Å². The molecule has 12 heteroatoms. The van der Waals surface area contributed by atoms with E-state index >= 15 is 0 Å². The molecule has 0 aliphatic rings. The summed E-state index contributed by atoms with van der Waals surface area (Å²) in [5.74, 6) is 0. The van der Waals surface area contributed by atoms with Gasteiger partial charge in [-0.2, -0.15) is 0 Å². The second-order valence-electron chi connectivity index (χ2n) is 0.877. The zero-order valence-electron chi connectivity index (χ0n) is 5.22. The van der Waals surface area contributed by atoms with Gasteiger partial charge in [0, 0.05) is 10.4 Å². The summed E-state index contributed by atoms with van der Waals surface area (Å²) in [6, 6.07) is 0. The van der Waals surface area contributed by atoms with Crippen LogP contribution in [-0.2, 0) is 32.0 Å². The summed E-state index contributed by atoms with van der Waals surface area (Å²) in [7, 11) is -10.3. The van der Waals surface area contributed by atoms with Crippen LogP contribution in [0.1, 0.15) is 0 Å². The van der Waals surface area contributed by atoms with Crippen LogP contribution >= 0.6 is 7.82 Å². The van der Waals surface area contributed by atoms with Crippen LogP contribution in [0.2, 0.25) is 0 Å². The number of hydrogen-bond acceptors (Lipinski definition) is 7. The van der Waals surface area contributed by atoms with Gasteiger partial charge in [0.25, 0.3) is 0 Å². The van der Waals surface area contributed by atoms with E-state index in [1.54, 1.807) is 0 Å². The Hall–Kier alpha value is 1.76. The van der Waals surface area contributed by atoms with Crippen LogP contribution in [0.25, 0.3) is 0 Å². The van der Waals surface area contributed by atoms with Gasteiger partial charge < -0.3 is 28.4 Å². The first-order chi connectivity index (χ1) is 4.00. The minimum absolute atomic E-state index is 0. The summed E-state index contributed by atoms with van der Waals surface area (Å²) in [5.41, 5.74) is 0. The molecule has 70 valence electrons. The topological polar surface area (TPSA) is 164 Å². The Bertz CT molecular complexity index is 197. The maximum absolute atomic E-state index is 8.66. The molecule has 0 aromatic rings. The van der Waals surface area contributed by atoms with Crippen molar-refractivity contribution in [1.82, 2.24) is 0 Å². The number of phosphoric acid groups is 1. The molecule has 12 heavy (non-hydrogen) atoms. The van der Waals surface area contributed by atoms with Crippen molar-refractivity contribution >= 4 is 56.0 Å². The van der Waals surface area contributed by atoms with Crippen molar-refractivity contribution in [3.8, 4) is 0 Å². The molecule has 0 amide bonds. The molecule has 0 spiro atoms. The van der Waals surface area contributed by atoms with Crippen molar-refractivity contribution in [2.45, 2.75) is 0 Å². The van der Waals surface area contributed by atoms with Gasteiger partial charge in [0.05, 0.1) is 7.82 Å². The van der Waals surface area contributed by atoms with Crippen LogP contribution in [0.15, 0.2) is 0 Å². The standard InChI is InChI=1S/Ca.Fe.H3O4P.H2O4S/c;;2*1-5(2,3)4/h;;(H3,1,2,3,4);(H2,1,2,3,4)/q2*+2;;/p-4. The fraction of sp³-hybridized carbons (Fsp3) is 0. The molecule has 0 aliphatic heterocycles. The largest absolute Gasteiger partial charge is 2.00 e. The molecular formula is HCaFeO8PS. The number of hydrogen-bond donors (Lipinski definition) is 1. The van der Waals surface area contributed by atoms with Crippen LogP contribution in [0.4, 0.5) is 0 Å². The van der Waals surface area contributed by atoms with Gasteiger partial charge in [-0.15, -0.1) is 0 Å². The summed E-state index contributed by atoms with van der Waals surface area (Å²) >= 11 is 0. The first kappa shape index (κ1) is 23.5. The molecular weight excluding hydrogens is 287 g/mol. The van der Waals surface area contributed by atoms with Gasteiger partial charge in [0.2, 0.25) is 0 Å². The third-order valence-corrected chi connectivity index (χ3v) is 0. The second-order valence-corrected chi connectivity index (χ2v) is 2.63. The first-order valence-electron chi connectivity index (χ1n) is 1.41. The van der Waals surface area contributed by atoms with Gasteiger partial charge in [0.15, 0.2) is 0 Å². The monoisotopic (exact) mass is 288 g/mol. The zero-order valence-corrected chi connectivity index (χ0v) is 10.2. The minimum Gasteiger partial charge on any atom is -0.790 e. The van der Waals surface area contributed by atoms with Gasteiger partial charge in [-0.1, -0.05) is 0 Å². The summed E-state index contributed by atoms with van der Waals surface area (Å²) < 4.78 is 42.7. The average Bonchev–Trinajstić information content (AvgIpc) is 1.12. The van der Waals surface area contributed by atoms with Crippen LogP contribution in [0.5, 0.6) is 0 Å². The predicted molar refractivity (Wildman–Crippen MR) is 26.1 cm³/mol. The molecule has 0 aromatic heterocycles. The maximum atomic E-state index is 8.66. The molecule has 0 heterocycles. The predicted octanol–water partition coefficient (Wildman–Crippen LogP) is -3.91. The Balaban J connectivity index is -0.0000000457. The molecule has 0 fully saturated rings. The molecule has 1 N–H and O–H groups in total. The molecule has 0 unspecified atom stereocenters. The minimum atomic E-state index is -5.17. The molecule has 0 radical (unpaired) electrons. The Labute approximate surface area is 109 Å². The molecule has 0 aromatic carbocycles.